The van der Waals surface area contributed by atoms with E-state index in [0.717, 1.165) is 17.6 Å². The Hall–Kier alpha value is -1.75. The van der Waals surface area contributed by atoms with Crippen molar-refractivity contribution in [1.29, 1.82) is 5.26 Å². The number of nitriles is 1. The Balaban J connectivity index is 2.34. The molecule has 0 amide bonds. The van der Waals surface area contributed by atoms with Crippen LogP contribution in [0.2, 0.25) is 0 Å². The molecule has 0 aliphatic rings. The summed E-state index contributed by atoms with van der Waals surface area (Å²) in [5.41, 5.74) is 2.29. The molecule has 1 heterocycles. The number of hydrogen-bond acceptors (Lipinski definition) is 1. The van der Waals surface area contributed by atoms with Crippen LogP contribution in [0.15, 0.2) is 30.3 Å². The number of benzene rings is 1. The van der Waals surface area contributed by atoms with Crippen molar-refractivity contribution in [3.05, 3.63) is 36.0 Å². The van der Waals surface area contributed by atoms with Crippen LogP contribution in [-0.2, 0) is 6.42 Å². The van der Waals surface area contributed by atoms with E-state index in [1.54, 1.807) is 0 Å². The predicted molar refractivity (Wildman–Crippen MR) is 52.2 cm³/mol. The molecular weight excluding hydrogens is 160 g/mol. The van der Waals surface area contributed by atoms with Gasteiger partial charge in [0.2, 0.25) is 0 Å². The number of aryl methyl sites for hydroxylation is 1. The number of fused-ring (bicyclic) bond motifs is 1. The lowest BCUT2D eigenvalue weighted by molar-refractivity contribution is 0.973. The molecule has 0 aliphatic carbocycles. The van der Waals surface area contributed by atoms with Gasteiger partial charge >= 0.3 is 0 Å². The van der Waals surface area contributed by atoms with E-state index in [0.29, 0.717) is 6.42 Å². The summed E-state index contributed by atoms with van der Waals surface area (Å²) in [4.78, 5) is 3.28. The Morgan fingerprint density at radius 3 is 2.92 bits per heavy atom. The Morgan fingerprint density at radius 1 is 1.31 bits per heavy atom. The van der Waals surface area contributed by atoms with Crippen LogP contribution in [0.4, 0.5) is 0 Å². The third kappa shape index (κ3) is 1.54. The minimum absolute atomic E-state index is 0.576. The van der Waals surface area contributed by atoms with Crippen molar-refractivity contribution >= 4 is 10.9 Å². The Morgan fingerprint density at radius 2 is 2.15 bits per heavy atom. The molecule has 0 spiro atoms. The summed E-state index contributed by atoms with van der Waals surface area (Å²) in [6.45, 7) is 0. The highest BCUT2D eigenvalue weighted by molar-refractivity contribution is 5.80. The lowest BCUT2D eigenvalue weighted by Crippen LogP contribution is -1.81. The molecule has 2 nitrogen and oxygen atoms in total. The van der Waals surface area contributed by atoms with Crippen LogP contribution in [0.5, 0.6) is 0 Å². The maximum Gasteiger partial charge on any atom is 0.0625 e. The predicted octanol–water partition coefficient (Wildman–Crippen LogP) is 2.62. The molecule has 0 atom stereocenters. The fourth-order valence-electron chi connectivity index (χ4n) is 1.46. The second kappa shape index (κ2) is 3.32. The molecule has 0 saturated carbocycles. The van der Waals surface area contributed by atoms with Crippen LogP contribution in [-0.4, -0.2) is 4.98 Å². The third-order valence-corrected chi connectivity index (χ3v) is 2.09. The number of aromatic amines is 1. The smallest absolute Gasteiger partial charge is 0.0625 e. The third-order valence-electron chi connectivity index (χ3n) is 2.09. The molecule has 64 valence electrons. The zero-order valence-corrected chi connectivity index (χ0v) is 7.25. The monoisotopic (exact) mass is 170 g/mol. The van der Waals surface area contributed by atoms with Crippen molar-refractivity contribution in [2.75, 3.05) is 0 Å². The largest absolute Gasteiger partial charge is 0.358 e. The first-order chi connectivity index (χ1) is 6.40. The Bertz CT molecular complexity index is 415. The Labute approximate surface area is 76.8 Å². The van der Waals surface area contributed by atoms with Crippen molar-refractivity contribution < 1.29 is 0 Å². The van der Waals surface area contributed by atoms with Gasteiger partial charge in [-0.3, -0.25) is 0 Å². The van der Waals surface area contributed by atoms with E-state index in [-0.39, 0.29) is 0 Å². The van der Waals surface area contributed by atoms with Gasteiger partial charge < -0.3 is 4.98 Å². The van der Waals surface area contributed by atoms with E-state index < -0.39 is 0 Å². The van der Waals surface area contributed by atoms with Gasteiger partial charge in [0.15, 0.2) is 0 Å². The quantitative estimate of drug-likeness (QED) is 0.739. The lowest BCUT2D eigenvalue weighted by Gasteiger charge is -1.87. The average Bonchev–Trinajstić information content (AvgIpc) is 2.57. The zero-order chi connectivity index (χ0) is 9.10. The summed E-state index contributed by atoms with van der Waals surface area (Å²) in [5.74, 6) is 0. The van der Waals surface area contributed by atoms with Crippen molar-refractivity contribution in [3.63, 3.8) is 0 Å². The summed E-state index contributed by atoms with van der Waals surface area (Å²) in [5, 5.41) is 9.66. The molecule has 0 bridgehead atoms. The van der Waals surface area contributed by atoms with Gasteiger partial charge in [0, 0.05) is 24.1 Å². The summed E-state index contributed by atoms with van der Waals surface area (Å²) in [6, 6.07) is 12.4. The van der Waals surface area contributed by atoms with E-state index >= 15 is 0 Å². The van der Waals surface area contributed by atoms with Crippen LogP contribution in [0, 0.1) is 11.3 Å². The number of rotatable bonds is 2. The number of H-pyrrole nitrogens is 1. The maximum absolute atomic E-state index is 8.44. The number of aromatic nitrogens is 1. The maximum atomic E-state index is 8.44. The minimum atomic E-state index is 0.576. The molecule has 0 fully saturated rings. The fraction of sp³-hybridized carbons (Fsp3) is 0.182. The van der Waals surface area contributed by atoms with E-state index in [9.17, 15) is 0 Å². The second-order valence-electron chi connectivity index (χ2n) is 3.04. The van der Waals surface area contributed by atoms with Gasteiger partial charge in [-0.05, 0) is 17.5 Å². The van der Waals surface area contributed by atoms with Crippen molar-refractivity contribution in [1.82, 2.24) is 4.98 Å². The van der Waals surface area contributed by atoms with Gasteiger partial charge in [-0.2, -0.15) is 5.26 Å². The molecule has 0 aliphatic heterocycles. The van der Waals surface area contributed by atoms with Crippen LogP contribution >= 0.6 is 0 Å². The minimum Gasteiger partial charge on any atom is -0.358 e. The molecule has 1 N–H and O–H groups in total. The van der Waals surface area contributed by atoms with E-state index in [1.807, 2.05) is 18.2 Å². The highest BCUT2D eigenvalue weighted by Crippen LogP contribution is 2.15. The highest BCUT2D eigenvalue weighted by Gasteiger charge is 1.98. The summed E-state index contributed by atoms with van der Waals surface area (Å²) in [7, 11) is 0. The van der Waals surface area contributed by atoms with E-state index in [1.165, 1.54) is 5.39 Å². The molecule has 1 aromatic carbocycles. The van der Waals surface area contributed by atoms with Crippen LogP contribution in [0.3, 0.4) is 0 Å². The molecule has 0 unspecified atom stereocenters. The number of nitrogens with zero attached hydrogens (tertiary/aromatic N) is 1. The normalized spacial score (nSPS) is 10.1. The first-order valence-electron chi connectivity index (χ1n) is 4.34. The molecule has 2 aromatic rings. The SMILES string of the molecule is N#CCCc1cc2ccccc2[nH]1. The van der Waals surface area contributed by atoms with Crippen LogP contribution in [0.1, 0.15) is 12.1 Å². The molecule has 0 radical (unpaired) electrons. The standard InChI is InChI=1S/C11H10N2/c12-7-3-5-10-8-9-4-1-2-6-11(9)13-10/h1-2,4,6,8,13H,3,5H2. The Kier molecular flexibility index (Phi) is 2.01. The van der Waals surface area contributed by atoms with E-state index in [2.05, 4.69) is 23.2 Å². The molecule has 0 saturated heterocycles. The number of hydrogen-bond donors (Lipinski definition) is 1. The highest BCUT2D eigenvalue weighted by atomic mass is 14.7. The topological polar surface area (TPSA) is 39.6 Å². The second-order valence-corrected chi connectivity index (χ2v) is 3.04. The van der Waals surface area contributed by atoms with Crippen molar-refractivity contribution in [2.24, 2.45) is 0 Å². The van der Waals surface area contributed by atoms with Crippen molar-refractivity contribution in [2.45, 2.75) is 12.8 Å². The van der Waals surface area contributed by atoms with Crippen LogP contribution < -0.4 is 0 Å². The molecule has 13 heavy (non-hydrogen) atoms. The summed E-state index contributed by atoms with van der Waals surface area (Å²) in [6.07, 6.45) is 1.39. The van der Waals surface area contributed by atoms with Crippen LogP contribution in [0.25, 0.3) is 10.9 Å². The molecule has 2 rings (SSSR count). The average molecular weight is 170 g/mol. The fourth-order valence-corrected chi connectivity index (χ4v) is 1.46. The van der Waals surface area contributed by atoms with Gasteiger partial charge in [0.05, 0.1) is 6.07 Å². The summed E-state index contributed by atoms with van der Waals surface area (Å²) >= 11 is 0. The zero-order valence-electron chi connectivity index (χ0n) is 7.25. The van der Waals surface area contributed by atoms with Gasteiger partial charge in [-0.15, -0.1) is 0 Å². The lowest BCUT2D eigenvalue weighted by atomic mass is 10.2. The molecule has 2 heteroatoms. The van der Waals surface area contributed by atoms with Crippen molar-refractivity contribution in [3.8, 4) is 6.07 Å². The molecule has 1 aromatic heterocycles. The molecular formula is C11H10N2. The first kappa shape index (κ1) is 7.88. The summed E-state index contributed by atoms with van der Waals surface area (Å²) < 4.78 is 0. The number of nitrogens with one attached hydrogen (secondary N) is 1. The van der Waals surface area contributed by atoms with Gasteiger partial charge in [0.25, 0.3) is 0 Å². The first-order valence-corrected chi connectivity index (χ1v) is 4.34. The van der Waals surface area contributed by atoms with Gasteiger partial charge in [-0.25, -0.2) is 0 Å². The van der Waals surface area contributed by atoms with Gasteiger partial charge in [-0.1, -0.05) is 18.2 Å². The number of para-hydroxylation sites is 1. The van der Waals surface area contributed by atoms with E-state index in [4.69, 9.17) is 5.26 Å². The van der Waals surface area contributed by atoms with Gasteiger partial charge in [0.1, 0.15) is 0 Å².